The van der Waals surface area contributed by atoms with E-state index in [0.29, 0.717) is 12.0 Å². The second-order valence-electron chi connectivity index (χ2n) is 5.71. The van der Waals surface area contributed by atoms with Crippen LogP contribution in [0.3, 0.4) is 0 Å². The highest BCUT2D eigenvalue weighted by Gasteiger charge is 2.15. The molecule has 0 aliphatic carbocycles. The molecule has 2 rings (SSSR count). The Bertz CT molecular complexity index is 417. The summed E-state index contributed by atoms with van der Waals surface area (Å²) in [5, 5.41) is 3.47. The lowest BCUT2D eigenvalue weighted by molar-refractivity contribution is 0.0255. The molecule has 1 aliphatic heterocycles. The summed E-state index contributed by atoms with van der Waals surface area (Å²) in [4.78, 5) is 0. The minimum absolute atomic E-state index is 0.293. The lowest BCUT2D eigenvalue weighted by Gasteiger charge is -2.23. The minimum Gasteiger partial charge on any atom is -0.490 e. The van der Waals surface area contributed by atoms with Crippen LogP contribution in [0.25, 0.3) is 0 Å². The molecule has 1 aliphatic rings. The van der Waals surface area contributed by atoms with E-state index < -0.39 is 0 Å². The van der Waals surface area contributed by atoms with Crippen LogP contribution in [0, 0.1) is 5.92 Å². The van der Waals surface area contributed by atoms with Gasteiger partial charge in [0.15, 0.2) is 0 Å². The van der Waals surface area contributed by atoms with Crippen LogP contribution in [0.2, 0.25) is 0 Å². The van der Waals surface area contributed by atoms with Crippen LogP contribution >= 0.6 is 15.9 Å². The fraction of sp³-hybridized carbons (Fsp3) is 0.625. The Balaban J connectivity index is 1.92. The number of hydrogen-bond acceptors (Lipinski definition) is 3. The van der Waals surface area contributed by atoms with Gasteiger partial charge in [0.2, 0.25) is 0 Å². The summed E-state index contributed by atoms with van der Waals surface area (Å²) < 4.78 is 12.5. The molecule has 112 valence electrons. The SMILES string of the molecule is CC(C)CNCc1cc(OC2CCOCC2)ccc1Br. The Morgan fingerprint density at radius 1 is 1.35 bits per heavy atom. The van der Waals surface area contributed by atoms with Crippen LogP contribution in [0.15, 0.2) is 22.7 Å². The van der Waals surface area contributed by atoms with E-state index in [4.69, 9.17) is 9.47 Å². The summed E-state index contributed by atoms with van der Waals surface area (Å²) in [6.07, 6.45) is 2.26. The highest BCUT2D eigenvalue weighted by Crippen LogP contribution is 2.25. The molecule has 0 unspecified atom stereocenters. The summed E-state index contributed by atoms with van der Waals surface area (Å²) in [6, 6.07) is 6.24. The third-order valence-corrected chi connectivity index (χ3v) is 4.13. The molecule has 0 spiro atoms. The number of benzene rings is 1. The molecule has 1 fully saturated rings. The van der Waals surface area contributed by atoms with E-state index >= 15 is 0 Å². The maximum absolute atomic E-state index is 6.05. The molecule has 1 N–H and O–H groups in total. The predicted octanol–water partition coefficient (Wildman–Crippen LogP) is 3.75. The van der Waals surface area contributed by atoms with Crippen LogP contribution in [0.5, 0.6) is 5.75 Å². The molecular formula is C16H24BrNO2. The summed E-state index contributed by atoms with van der Waals surface area (Å²) in [7, 11) is 0. The van der Waals surface area contributed by atoms with E-state index in [1.165, 1.54) is 5.56 Å². The van der Waals surface area contributed by atoms with Crippen molar-refractivity contribution in [1.29, 1.82) is 0 Å². The third-order valence-electron chi connectivity index (χ3n) is 3.36. The van der Waals surface area contributed by atoms with Gasteiger partial charge < -0.3 is 14.8 Å². The van der Waals surface area contributed by atoms with Gasteiger partial charge in [0, 0.05) is 23.9 Å². The zero-order valence-electron chi connectivity index (χ0n) is 12.3. The van der Waals surface area contributed by atoms with E-state index in [0.717, 1.165) is 49.4 Å². The molecule has 0 bridgehead atoms. The molecule has 0 amide bonds. The van der Waals surface area contributed by atoms with Gasteiger partial charge in [-0.05, 0) is 36.2 Å². The van der Waals surface area contributed by atoms with Crippen molar-refractivity contribution < 1.29 is 9.47 Å². The third kappa shape index (κ3) is 5.08. The molecule has 0 radical (unpaired) electrons. The van der Waals surface area contributed by atoms with E-state index in [1.54, 1.807) is 0 Å². The molecule has 20 heavy (non-hydrogen) atoms. The predicted molar refractivity (Wildman–Crippen MR) is 85.2 cm³/mol. The van der Waals surface area contributed by atoms with Gasteiger partial charge in [-0.2, -0.15) is 0 Å². The average molecular weight is 342 g/mol. The Labute approximate surface area is 130 Å². The maximum Gasteiger partial charge on any atom is 0.120 e. The van der Waals surface area contributed by atoms with Crippen molar-refractivity contribution in [3.63, 3.8) is 0 Å². The smallest absolute Gasteiger partial charge is 0.120 e. The van der Waals surface area contributed by atoms with Crippen molar-refractivity contribution in [2.24, 2.45) is 5.92 Å². The molecule has 0 saturated carbocycles. The first-order chi connectivity index (χ1) is 9.65. The van der Waals surface area contributed by atoms with Gasteiger partial charge in [-0.25, -0.2) is 0 Å². The Kier molecular flexibility index (Phi) is 6.33. The number of hydrogen-bond donors (Lipinski definition) is 1. The lowest BCUT2D eigenvalue weighted by atomic mass is 10.1. The first-order valence-electron chi connectivity index (χ1n) is 7.38. The fourth-order valence-corrected chi connectivity index (χ4v) is 2.63. The molecular weight excluding hydrogens is 318 g/mol. The van der Waals surface area contributed by atoms with Gasteiger partial charge in [0.25, 0.3) is 0 Å². The topological polar surface area (TPSA) is 30.5 Å². The van der Waals surface area contributed by atoms with Gasteiger partial charge in [-0.3, -0.25) is 0 Å². The molecule has 1 saturated heterocycles. The van der Waals surface area contributed by atoms with Gasteiger partial charge in [0.1, 0.15) is 11.9 Å². The van der Waals surface area contributed by atoms with Crippen LogP contribution in [-0.4, -0.2) is 25.9 Å². The summed E-state index contributed by atoms with van der Waals surface area (Å²) in [5.41, 5.74) is 1.25. The number of halogens is 1. The van der Waals surface area contributed by atoms with Gasteiger partial charge in [-0.15, -0.1) is 0 Å². The molecule has 1 aromatic carbocycles. The lowest BCUT2D eigenvalue weighted by Crippen LogP contribution is -2.26. The molecule has 1 aromatic rings. The van der Waals surface area contributed by atoms with Crippen molar-refractivity contribution in [3.05, 3.63) is 28.2 Å². The highest BCUT2D eigenvalue weighted by molar-refractivity contribution is 9.10. The monoisotopic (exact) mass is 341 g/mol. The number of nitrogens with one attached hydrogen (secondary N) is 1. The van der Waals surface area contributed by atoms with Gasteiger partial charge in [-0.1, -0.05) is 29.8 Å². The summed E-state index contributed by atoms with van der Waals surface area (Å²) in [5.74, 6) is 1.62. The Hall–Kier alpha value is -0.580. The Morgan fingerprint density at radius 2 is 2.10 bits per heavy atom. The van der Waals surface area contributed by atoms with Crippen molar-refractivity contribution in [1.82, 2.24) is 5.32 Å². The van der Waals surface area contributed by atoms with Gasteiger partial charge in [0.05, 0.1) is 13.2 Å². The van der Waals surface area contributed by atoms with Crippen LogP contribution in [0.1, 0.15) is 32.3 Å². The highest BCUT2D eigenvalue weighted by atomic mass is 79.9. The normalized spacial score (nSPS) is 16.6. The van der Waals surface area contributed by atoms with Crippen LogP contribution in [-0.2, 0) is 11.3 Å². The Morgan fingerprint density at radius 3 is 2.80 bits per heavy atom. The van der Waals surface area contributed by atoms with E-state index in [1.807, 2.05) is 6.07 Å². The maximum atomic E-state index is 6.05. The summed E-state index contributed by atoms with van der Waals surface area (Å²) >= 11 is 3.61. The van der Waals surface area contributed by atoms with E-state index in [-0.39, 0.29) is 0 Å². The first-order valence-corrected chi connectivity index (χ1v) is 8.18. The van der Waals surface area contributed by atoms with Crippen LogP contribution < -0.4 is 10.1 Å². The molecule has 0 atom stereocenters. The molecule has 4 heteroatoms. The zero-order chi connectivity index (χ0) is 14.4. The molecule has 1 heterocycles. The van der Waals surface area contributed by atoms with Crippen LogP contribution in [0.4, 0.5) is 0 Å². The first kappa shape index (κ1) is 15.8. The van der Waals surface area contributed by atoms with E-state index in [9.17, 15) is 0 Å². The largest absolute Gasteiger partial charge is 0.490 e. The molecule has 0 aromatic heterocycles. The quantitative estimate of drug-likeness (QED) is 0.854. The van der Waals surface area contributed by atoms with E-state index in [2.05, 4.69) is 47.2 Å². The second kappa shape index (κ2) is 8.01. The van der Waals surface area contributed by atoms with Crippen molar-refractivity contribution >= 4 is 15.9 Å². The summed E-state index contributed by atoms with van der Waals surface area (Å²) in [6.45, 7) is 7.94. The molecule has 3 nitrogen and oxygen atoms in total. The minimum atomic E-state index is 0.293. The van der Waals surface area contributed by atoms with Gasteiger partial charge >= 0.3 is 0 Å². The fourth-order valence-electron chi connectivity index (χ4n) is 2.24. The van der Waals surface area contributed by atoms with Crippen molar-refractivity contribution in [2.75, 3.05) is 19.8 Å². The standard InChI is InChI=1S/C16H24BrNO2/c1-12(2)10-18-11-13-9-15(3-4-16(13)17)20-14-5-7-19-8-6-14/h3-4,9,12,14,18H,5-8,10-11H2,1-2H3. The second-order valence-corrected chi connectivity index (χ2v) is 6.56. The van der Waals surface area contributed by atoms with Crippen molar-refractivity contribution in [3.8, 4) is 5.75 Å². The van der Waals surface area contributed by atoms with Crippen molar-refractivity contribution in [2.45, 2.75) is 39.3 Å². The number of ether oxygens (including phenoxy) is 2. The number of rotatable bonds is 6. The average Bonchev–Trinajstić information content (AvgIpc) is 2.43. The zero-order valence-corrected chi connectivity index (χ0v) is 13.9.